The first-order valence-corrected chi connectivity index (χ1v) is 9.90. The highest BCUT2D eigenvalue weighted by Gasteiger charge is 2.16. The predicted octanol–water partition coefficient (Wildman–Crippen LogP) is 2.99. The second kappa shape index (κ2) is 15.8. The van der Waals surface area contributed by atoms with Gasteiger partial charge in [0.05, 0.1) is 38.6 Å². The number of hydrogen-bond donors (Lipinski definition) is 0. The minimum Gasteiger partial charge on any atom is -0.464 e. The molecule has 0 aliphatic carbocycles. The zero-order chi connectivity index (χ0) is 20.7. The van der Waals surface area contributed by atoms with Gasteiger partial charge in [-0.05, 0) is 24.7 Å². The van der Waals surface area contributed by atoms with Crippen LogP contribution in [0, 0.1) is 11.8 Å². The molecule has 160 valence electrons. The first kappa shape index (κ1) is 25.8. The van der Waals surface area contributed by atoms with Crippen LogP contribution in [0.5, 0.6) is 0 Å². The molecule has 0 heterocycles. The maximum atomic E-state index is 11.5. The Hall–Kier alpha value is -1.18. The maximum absolute atomic E-state index is 11.5. The van der Waals surface area contributed by atoms with E-state index in [1.165, 1.54) is 0 Å². The van der Waals surface area contributed by atoms with Gasteiger partial charge in [0.15, 0.2) is 0 Å². The molecule has 27 heavy (non-hydrogen) atoms. The Morgan fingerprint density at radius 3 is 1.33 bits per heavy atom. The molecule has 0 aliphatic rings. The molecular weight excluding hydrogens is 352 g/mol. The highest BCUT2D eigenvalue weighted by Crippen LogP contribution is 2.08. The number of rotatable bonds is 16. The summed E-state index contributed by atoms with van der Waals surface area (Å²) in [6, 6.07) is 0. The van der Waals surface area contributed by atoms with Gasteiger partial charge in [-0.25, -0.2) is 9.59 Å². The lowest BCUT2D eigenvalue weighted by atomic mass is 10.2. The van der Waals surface area contributed by atoms with Crippen molar-refractivity contribution in [2.45, 2.75) is 66.6 Å². The quantitative estimate of drug-likeness (QED) is 0.375. The van der Waals surface area contributed by atoms with Crippen molar-refractivity contribution in [2.75, 3.05) is 39.6 Å². The van der Waals surface area contributed by atoms with Crippen molar-refractivity contribution in [3.63, 3.8) is 0 Å². The van der Waals surface area contributed by atoms with Crippen LogP contribution in [-0.2, 0) is 33.3 Å². The Balaban J connectivity index is 4.03. The first-order valence-electron chi connectivity index (χ1n) is 9.90. The zero-order valence-corrected chi connectivity index (χ0v) is 17.8. The third-order valence-corrected chi connectivity index (χ3v) is 3.50. The normalized spacial score (nSPS) is 13.6. The third-order valence-electron chi connectivity index (χ3n) is 3.50. The molecule has 0 saturated carbocycles. The van der Waals surface area contributed by atoms with E-state index in [0.29, 0.717) is 38.3 Å². The minimum absolute atomic E-state index is 0.0818. The second-order valence-electron chi connectivity index (χ2n) is 7.38. The van der Waals surface area contributed by atoms with Gasteiger partial charge in [0.1, 0.15) is 13.2 Å². The Bertz CT molecular complexity index is 360. The molecular formula is C20H38O7. The van der Waals surface area contributed by atoms with Crippen LogP contribution < -0.4 is 0 Å². The molecule has 0 radical (unpaired) electrons. The second-order valence-corrected chi connectivity index (χ2v) is 7.38. The van der Waals surface area contributed by atoms with Crippen molar-refractivity contribution < 1.29 is 33.3 Å². The van der Waals surface area contributed by atoms with E-state index in [1.807, 2.05) is 41.5 Å². The lowest BCUT2D eigenvalue weighted by Crippen LogP contribution is -2.30. The van der Waals surface area contributed by atoms with Crippen LogP contribution in [-0.4, -0.2) is 63.8 Å². The van der Waals surface area contributed by atoms with E-state index in [9.17, 15) is 9.59 Å². The van der Waals surface area contributed by atoms with E-state index in [4.69, 9.17) is 23.7 Å². The molecule has 2 unspecified atom stereocenters. The fourth-order valence-electron chi connectivity index (χ4n) is 1.93. The van der Waals surface area contributed by atoms with Gasteiger partial charge in [0, 0.05) is 0 Å². The highest BCUT2D eigenvalue weighted by molar-refractivity contribution is 5.70. The summed E-state index contributed by atoms with van der Waals surface area (Å²) < 4.78 is 26.9. The van der Waals surface area contributed by atoms with Gasteiger partial charge in [0.25, 0.3) is 0 Å². The van der Waals surface area contributed by atoms with Crippen LogP contribution in [0.25, 0.3) is 0 Å². The number of carbonyl (C=O) groups is 2. The molecule has 0 aromatic carbocycles. The first-order chi connectivity index (χ1) is 12.8. The van der Waals surface area contributed by atoms with Gasteiger partial charge >= 0.3 is 11.9 Å². The van der Waals surface area contributed by atoms with E-state index in [0.717, 1.165) is 12.8 Å². The van der Waals surface area contributed by atoms with Crippen LogP contribution in [0.2, 0.25) is 0 Å². The largest absolute Gasteiger partial charge is 0.464 e. The van der Waals surface area contributed by atoms with Gasteiger partial charge in [-0.15, -0.1) is 0 Å². The van der Waals surface area contributed by atoms with E-state index in [2.05, 4.69) is 0 Å². The Labute approximate surface area is 164 Å². The molecule has 0 amide bonds. The molecule has 0 spiro atoms. The zero-order valence-electron chi connectivity index (χ0n) is 17.8. The van der Waals surface area contributed by atoms with Crippen molar-refractivity contribution in [1.29, 1.82) is 0 Å². The van der Waals surface area contributed by atoms with E-state index >= 15 is 0 Å². The summed E-state index contributed by atoms with van der Waals surface area (Å²) in [5.74, 6) is -0.134. The fourth-order valence-corrected chi connectivity index (χ4v) is 1.93. The average Bonchev–Trinajstić information content (AvgIpc) is 2.62. The summed E-state index contributed by atoms with van der Waals surface area (Å²) in [5, 5.41) is 0. The highest BCUT2D eigenvalue weighted by atomic mass is 16.6. The molecule has 0 fully saturated rings. The third kappa shape index (κ3) is 15.6. The molecule has 0 aliphatic heterocycles. The maximum Gasteiger partial charge on any atom is 0.332 e. The number of esters is 2. The lowest BCUT2D eigenvalue weighted by Gasteiger charge is -2.23. The summed E-state index contributed by atoms with van der Waals surface area (Å²) in [7, 11) is 0. The van der Waals surface area contributed by atoms with Crippen molar-refractivity contribution in [3.05, 3.63) is 0 Å². The van der Waals surface area contributed by atoms with Crippen LogP contribution >= 0.6 is 0 Å². The molecule has 7 nitrogen and oxygen atoms in total. The molecule has 0 bridgehead atoms. The Morgan fingerprint density at radius 2 is 1.04 bits per heavy atom. The van der Waals surface area contributed by atoms with Gasteiger partial charge in [-0.3, -0.25) is 0 Å². The van der Waals surface area contributed by atoms with Gasteiger partial charge in [-0.1, -0.05) is 41.5 Å². The Kier molecular flexibility index (Phi) is 15.1. The summed E-state index contributed by atoms with van der Waals surface area (Å²) in [4.78, 5) is 23.1. The summed E-state index contributed by atoms with van der Waals surface area (Å²) in [6.07, 6.45) is 1.19. The van der Waals surface area contributed by atoms with Crippen LogP contribution in [0.3, 0.4) is 0 Å². The molecule has 0 aromatic heterocycles. The fraction of sp³-hybridized carbons (Fsp3) is 0.900. The standard InChI is InChI=1S/C20H38O7/c1-7-17(11-23-13-19(21)25-9-15(3)4)27-18(8-2)12-24-14-20(22)26-10-16(5)6/h15-18H,7-14H2,1-6H3. The predicted molar refractivity (Wildman–Crippen MR) is 102 cm³/mol. The molecule has 0 N–H and O–H groups in total. The van der Waals surface area contributed by atoms with E-state index in [-0.39, 0.29) is 37.4 Å². The molecule has 0 saturated heterocycles. The average molecular weight is 391 g/mol. The van der Waals surface area contributed by atoms with Crippen LogP contribution in [0.15, 0.2) is 0 Å². The molecule has 2 atom stereocenters. The van der Waals surface area contributed by atoms with Gasteiger partial charge in [0.2, 0.25) is 0 Å². The Morgan fingerprint density at radius 1 is 0.667 bits per heavy atom. The van der Waals surface area contributed by atoms with Crippen LogP contribution in [0.4, 0.5) is 0 Å². The van der Waals surface area contributed by atoms with Crippen molar-refractivity contribution in [1.82, 2.24) is 0 Å². The number of carbonyl (C=O) groups excluding carboxylic acids is 2. The van der Waals surface area contributed by atoms with E-state index < -0.39 is 0 Å². The summed E-state index contributed by atoms with van der Waals surface area (Å²) in [6.45, 7) is 13.1. The monoisotopic (exact) mass is 390 g/mol. The molecule has 0 aromatic rings. The van der Waals surface area contributed by atoms with Crippen LogP contribution in [0.1, 0.15) is 54.4 Å². The summed E-state index contributed by atoms with van der Waals surface area (Å²) in [5.41, 5.74) is 0. The smallest absolute Gasteiger partial charge is 0.332 e. The molecule has 0 rings (SSSR count). The van der Waals surface area contributed by atoms with Crippen molar-refractivity contribution in [3.8, 4) is 0 Å². The topological polar surface area (TPSA) is 80.3 Å². The SMILES string of the molecule is CCC(COCC(=O)OCC(C)C)OC(CC)COCC(=O)OCC(C)C. The van der Waals surface area contributed by atoms with Crippen molar-refractivity contribution in [2.24, 2.45) is 11.8 Å². The minimum atomic E-state index is -0.367. The van der Waals surface area contributed by atoms with E-state index in [1.54, 1.807) is 0 Å². The number of hydrogen-bond acceptors (Lipinski definition) is 7. The number of ether oxygens (including phenoxy) is 5. The molecule has 7 heteroatoms. The lowest BCUT2D eigenvalue weighted by molar-refractivity contribution is -0.154. The van der Waals surface area contributed by atoms with Crippen molar-refractivity contribution >= 4 is 11.9 Å². The summed E-state index contributed by atoms with van der Waals surface area (Å²) >= 11 is 0. The van der Waals surface area contributed by atoms with Gasteiger partial charge < -0.3 is 23.7 Å². The van der Waals surface area contributed by atoms with Gasteiger partial charge in [-0.2, -0.15) is 0 Å².